The summed E-state index contributed by atoms with van der Waals surface area (Å²) in [6.45, 7) is 8.35. The van der Waals surface area contributed by atoms with Crippen molar-refractivity contribution in [3.63, 3.8) is 0 Å². The van der Waals surface area contributed by atoms with Crippen molar-refractivity contribution >= 4 is 19.8 Å². The van der Waals surface area contributed by atoms with Gasteiger partial charge in [-0.05, 0) is 24.7 Å². The Labute approximate surface area is 295 Å². The van der Waals surface area contributed by atoms with Crippen molar-refractivity contribution in [2.75, 3.05) is 13.2 Å². The van der Waals surface area contributed by atoms with Crippen LogP contribution in [0.2, 0.25) is 0 Å². The lowest BCUT2D eigenvalue weighted by atomic mass is 10.0. The molecule has 0 fully saturated rings. The van der Waals surface area contributed by atoms with Crippen LogP contribution in [0, 0.1) is 11.8 Å². The summed E-state index contributed by atoms with van der Waals surface area (Å²) in [6, 6.07) is 0. The Morgan fingerprint density at radius 3 is 1.12 bits per heavy atom. The second-order valence-electron chi connectivity index (χ2n) is 14.9. The molecule has 0 rings (SSSR count). The van der Waals surface area contributed by atoms with Crippen molar-refractivity contribution in [2.45, 2.75) is 214 Å². The van der Waals surface area contributed by atoms with E-state index in [-0.39, 0.29) is 19.4 Å². The van der Waals surface area contributed by atoms with E-state index in [2.05, 4.69) is 32.2 Å². The Balaban J connectivity index is 3.88. The lowest BCUT2D eigenvalue weighted by Gasteiger charge is -2.18. The van der Waals surface area contributed by atoms with Crippen LogP contribution in [0.3, 0.4) is 0 Å². The minimum atomic E-state index is -4.74. The van der Waals surface area contributed by atoms with Crippen molar-refractivity contribution in [1.29, 1.82) is 0 Å². The largest absolute Gasteiger partial charge is 0.469 e. The van der Waals surface area contributed by atoms with Crippen molar-refractivity contribution in [1.82, 2.24) is 0 Å². The highest BCUT2D eigenvalue weighted by Crippen LogP contribution is 2.36. The average molecular weight is 705 g/mol. The second kappa shape index (κ2) is 33.2. The highest BCUT2D eigenvalue weighted by atomic mass is 31.2. The van der Waals surface area contributed by atoms with Crippen LogP contribution in [0.5, 0.6) is 0 Å². The lowest BCUT2D eigenvalue weighted by Crippen LogP contribution is -2.29. The van der Waals surface area contributed by atoms with Crippen LogP contribution in [0.15, 0.2) is 0 Å². The molecule has 0 saturated heterocycles. The number of hydrogen-bond donors (Lipinski definition) is 2. The number of esters is 2. The predicted molar refractivity (Wildman–Crippen MR) is 198 cm³/mol. The van der Waals surface area contributed by atoms with Gasteiger partial charge in [0.15, 0.2) is 6.10 Å². The van der Waals surface area contributed by atoms with Gasteiger partial charge < -0.3 is 19.3 Å². The number of phosphoric ester groups is 1. The van der Waals surface area contributed by atoms with E-state index in [9.17, 15) is 14.2 Å². The molecular formula is C39H77O8P. The molecule has 0 aliphatic heterocycles. The summed E-state index contributed by atoms with van der Waals surface area (Å²) in [5, 5.41) is 0. The maximum Gasteiger partial charge on any atom is 0.469 e. The molecule has 8 nitrogen and oxygen atoms in total. The molecule has 1 atom stereocenters. The van der Waals surface area contributed by atoms with Gasteiger partial charge in [0.2, 0.25) is 0 Å². The van der Waals surface area contributed by atoms with Gasteiger partial charge in [0, 0.05) is 12.8 Å². The Morgan fingerprint density at radius 1 is 0.479 bits per heavy atom. The first-order chi connectivity index (χ1) is 23.0. The van der Waals surface area contributed by atoms with Crippen LogP contribution in [-0.4, -0.2) is 41.0 Å². The van der Waals surface area contributed by atoms with Gasteiger partial charge in [0.05, 0.1) is 6.61 Å². The van der Waals surface area contributed by atoms with Crippen LogP contribution in [0.1, 0.15) is 207 Å². The highest BCUT2D eigenvalue weighted by molar-refractivity contribution is 7.46. The highest BCUT2D eigenvalue weighted by Gasteiger charge is 2.22. The zero-order valence-electron chi connectivity index (χ0n) is 31.7. The first-order valence-electron chi connectivity index (χ1n) is 20.0. The van der Waals surface area contributed by atoms with Crippen LogP contribution in [0.4, 0.5) is 0 Å². The molecule has 0 aromatic heterocycles. The van der Waals surface area contributed by atoms with Gasteiger partial charge in [-0.25, -0.2) is 4.57 Å². The smallest absolute Gasteiger partial charge is 0.462 e. The molecule has 0 aliphatic rings. The molecule has 2 N–H and O–H groups in total. The number of carbonyl (C=O) groups is 2. The van der Waals surface area contributed by atoms with Gasteiger partial charge in [-0.15, -0.1) is 0 Å². The molecule has 0 aromatic rings. The summed E-state index contributed by atoms with van der Waals surface area (Å²) in [4.78, 5) is 42.7. The van der Waals surface area contributed by atoms with E-state index in [1.807, 2.05) is 0 Å². The molecular weight excluding hydrogens is 627 g/mol. The molecule has 0 radical (unpaired) electrons. The Hall–Kier alpha value is -0.950. The quantitative estimate of drug-likeness (QED) is 0.0376. The summed E-state index contributed by atoms with van der Waals surface area (Å²) in [6.07, 6.45) is 31.2. The third-order valence-electron chi connectivity index (χ3n) is 8.98. The Kier molecular flexibility index (Phi) is 32.6. The zero-order chi connectivity index (χ0) is 35.7. The van der Waals surface area contributed by atoms with Crippen LogP contribution in [0.25, 0.3) is 0 Å². The van der Waals surface area contributed by atoms with E-state index >= 15 is 0 Å². The van der Waals surface area contributed by atoms with Gasteiger partial charge >= 0.3 is 19.8 Å². The molecule has 0 saturated carbocycles. The second-order valence-corrected chi connectivity index (χ2v) is 16.2. The summed E-state index contributed by atoms with van der Waals surface area (Å²) in [5.41, 5.74) is 0. The molecule has 9 heteroatoms. The maximum absolute atomic E-state index is 12.4. The number of phosphoric acid groups is 1. The average Bonchev–Trinajstić information content (AvgIpc) is 3.01. The van der Waals surface area contributed by atoms with E-state index < -0.39 is 32.5 Å². The predicted octanol–water partition coefficient (Wildman–Crippen LogP) is 11.8. The summed E-state index contributed by atoms with van der Waals surface area (Å²) in [5.74, 6) is 0.758. The third-order valence-corrected chi connectivity index (χ3v) is 9.47. The summed E-state index contributed by atoms with van der Waals surface area (Å²) >= 11 is 0. The SMILES string of the molecule is CC(C)CCCCCCCCCCCCCCCCC(=O)OC[C@H](COP(=O)(O)O)OC(=O)CCCCCCCCCCCCC(C)C. The van der Waals surface area contributed by atoms with Crippen molar-refractivity contribution in [2.24, 2.45) is 11.8 Å². The fraction of sp³-hybridized carbons (Fsp3) is 0.949. The molecule has 0 amide bonds. The Bertz CT molecular complexity index is 782. The maximum atomic E-state index is 12.4. The monoisotopic (exact) mass is 705 g/mol. The lowest BCUT2D eigenvalue weighted by molar-refractivity contribution is -0.161. The normalized spacial score (nSPS) is 12.6. The molecule has 286 valence electrons. The molecule has 0 aliphatic carbocycles. The third kappa shape index (κ3) is 37.9. The van der Waals surface area contributed by atoms with Crippen LogP contribution < -0.4 is 0 Å². The van der Waals surface area contributed by atoms with Gasteiger partial charge in [0.25, 0.3) is 0 Å². The number of carbonyl (C=O) groups excluding carboxylic acids is 2. The molecule has 48 heavy (non-hydrogen) atoms. The molecule has 0 unspecified atom stereocenters. The molecule has 0 aromatic carbocycles. The van der Waals surface area contributed by atoms with E-state index in [1.165, 1.54) is 122 Å². The van der Waals surface area contributed by atoms with Gasteiger partial charge in [-0.1, -0.05) is 182 Å². The summed E-state index contributed by atoms with van der Waals surface area (Å²) in [7, 11) is -4.74. The van der Waals surface area contributed by atoms with Crippen molar-refractivity contribution < 1.29 is 37.9 Å². The number of hydrogen-bond acceptors (Lipinski definition) is 6. The van der Waals surface area contributed by atoms with E-state index in [0.29, 0.717) is 6.42 Å². The standard InChI is InChI=1S/C39H77O8P/c1-35(2)29-25-21-17-13-9-7-5-6-8-10-15-19-23-27-31-38(40)45-33-37(34-46-48(42,43)44)47-39(41)32-28-24-20-16-12-11-14-18-22-26-30-36(3)4/h35-37H,5-34H2,1-4H3,(H2,42,43,44)/t37-/m1/s1. The molecule has 0 heterocycles. The van der Waals surface area contributed by atoms with Crippen molar-refractivity contribution in [3.05, 3.63) is 0 Å². The van der Waals surface area contributed by atoms with Crippen LogP contribution >= 0.6 is 7.82 Å². The minimum Gasteiger partial charge on any atom is -0.462 e. The Morgan fingerprint density at radius 2 is 0.792 bits per heavy atom. The minimum absolute atomic E-state index is 0.217. The van der Waals surface area contributed by atoms with Gasteiger partial charge in [0.1, 0.15) is 6.61 Å². The zero-order valence-corrected chi connectivity index (χ0v) is 32.6. The first kappa shape index (κ1) is 47.0. The number of unbranched alkanes of at least 4 members (excludes halogenated alkanes) is 22. The van der Waals surface area contributed by atoms with Crippen molar-refractivity contribution in [3.8, 4) is 0 Å². The van der Waals surface area contributed by atoms with E-state index in [1.54, 1.807) is 0 Å². The fourth-order valence-electron chi connectivity index (χ4n) is 5.98. The summed E-state index contributed by atoms with van der Waals surface area (Å²) < 4.78 is 26.3. The van der Waals surface area contributed by atoms with E-state index in [0.717, 1.165) is 50.4 Å². The molecule has 0 spiro atoms. The van der Waals surface area contributed by atoms with Gasteiger partial charge in [-0.3, -0.25) is 14.1 Å². The van der Waals surface area contributed by atoms with Crippen LogP contribution in [-0.2, 0) is 28.2 Å². The number of ether oxygens (including phenoxy) is 2. The topological polar surface area (TPSA) is 119 Å². The first-order valence-corrected chi connectivity index (χ1v) is 21.6. The fourth-order valence-corrected chi connectivity index (χ4v) is 6.34. The molecule has 0 bridgehead atoms. The number of rotatable bonds is 36. The van der Waals surface area contributed by atoms with Gasteiger partial charge in [-0.2, -0.15) is 0 Å². The van der Waals surface area contributed by atoms with E-state index in [4.69, 9.17) is 19.3 Å².